The molecular formula is C28H33N5O6S. The van der Waals surface area contributed by atoms with Gasteiger partial charge >= 0.3 is 0 Å². The van der Waals surface area contributed by atoms with E-state index in [-0.39, 0.29) is 17.4 Å². The normalized spacial score (nSPS) is 14.3. The van der Waals surface area contributed by atoms with E-state index in [1.807, 2.05) is 0 Å². The van der Waals surface area contributed by atoms with E-state index < -0.39 is 10.0 Å². The number of sulfonamides is 1. The summed E-state index contributed by atoms with van der Waals surface area (Å²) < 4.78 is 46.5. The van der Waals surface area contributed by atoms with E-state index in [0.29, 0.717) is 58.4 Å². The zero-order valence-corrected chi connectivity index (χ0v) is 23.3. The smallest absolute Gasteiger partial charge is 0.274 e. The summed E-state index contributed by atoms with van der Waals surface area (Å²) in [6.07, 6.45) is 5.63. The van der Waals surface area contributed by atoms with Gasteiger partial charge in [-0.3, -0.25) is 9.52 Å². The molecule has 1 aliphatic rings. The van der Waals surface area contributed by atoms with Gasteiger partial charge < -0.3 is 29.1 Å². The van der Waals surface area contributed by atoms with Crippen LogP contribution in [-0.2, 0) is 21.8 Å². The predicted octanol–water partition coefficient (Wildman–Crippen LogP) is 3.63. The molecule has 0 unspecified atom stereocenters. The lowest BCUT2D eigenvalue weighted by Crippen LogP contribution is -2.33. The number of rotatable bonds is 11. The first kappa shape index (κ1) is 27.7. The monoisotopic (exact) mass is 567 g/mol. The summed E-state index contributed by atoms with van der Waals surface area (Å²) in [6, 6.07) is 12.0. The van der Waals surface area contributed by atoms with Crippen molar-refractivity contribution < 1.29 is 22.6 Å². The minimum Gasteiger partial charge on any atom is -0.475 e. The van der Waals surface area contributed by atoms with Gasteiger partial charge in [0, 0.05) is 53.8 Å². The predicted molar refractivity (Wildman–Crippen MR) is 154 cm³/mol. The molecule has 0 bridgehead atoms. The Morgan fingerprint density at radius 2 is 1.88 bits per heavy atom. The van der Waals surface area contributed by atoms with Crippen LogP contribution in [0.3, 0.4) is 0 Å². The number of hydrogen-bond acceptors (Lipinski definition) is 8. The number of aromatic amines is 1. The van der Waals surface area contributed by atoms with Gasteiger partial charge in [0.05, 0.1) is 18.5 Å². The summed E-state index contributed by atoms with van der Waals surface area (Å²) in [5.74, 6) is 1.06. The fraction of sp³-hybridized carbons (Fsp3) is 0.357. The summed E-state index contributed by atoms with van der Waals surface area (Å²) in [5.41, 5.74) is 1.91. The topological polar surface area (TPSA) is 137 Å². The number of fused-ring (bicyclic) bond motifs is 1. The molecule has 1 aliphatic heterocycles. The SMILES string of the molecule is CCS(=O)(=O)Nc1ccc(Oc2cccc(OCCOC3CCNCC3)n2)c(-c2cn(C)c(=O)c3[nH]ccc23)c1. The molecule has 0 spiro atoms. The zero-order valence-electron chi connectivity index (χ0n) is 22.5. The fourth-order valence-electron chi connectivity index (χ4n) is 4.60. The molecule has 12 heteroatoms. The molecule has 5 rings (SSSR count). The van der Waals surface area contributed by atoms with E-state index in [0.717, 1.165) is 25.9 Å². The Bertz CT molecular complexity index is 1640. The molecule has 212 valence electrons. The van der Waals surface area contributed by atoms with E-state index >= 15 is 0 Å². The highest BCUT2D eigenvalue weighted by Crippen LogP contribution is 2.38. The molecular weight excluding hydrogens is 534 g/mol. The van der Waals surface area contributed by atoms with E-state index in [4.69, 9.17) is 14.2 Å². The van der Waals surface area contributed by atoms with Gasteiger partial charge in [-0.15, -0.1) is 0 Å². The highest BCUT2D eigenvalue weighted by molar-refractivity contribution is 7.92. The second kappa shape index (κ2) is 12.1. The van der Waals surface area contributed by atoms with E-state index in [1.165, 1.54) is 4.57 Å². The maximum absolute atomic E-state index is 12.7. The third kappa shape index (κ3) is 6.46. The number of ether oxygens (including phenoxy) is 3. The lowest BCUT2D eigenvalue weighted by atomic mass is 10.0. The third-order valence-electron chi connectivity index (χ3n) is 6.70. The standard InChI is InChI=1S/C28H33N5O6S/c1-3-40(35,36)32-19-7-8-24(22(17-19)23-18-33(2)28(34)27-21(23)11-14-30-27)39-26-6-4-5-25(31-26)38-16-15-37-20-9-12-29-13-10-20/h4-8,11,14,17-18,20,29-30,32H,3,9-10,12-13,15-16H2,1-2H3. The summed E-state index contributed by atoms with van der Waals surface area (Å²) in [6.45, 7) is 4.33. The van der Waals surface area contributed by atoms with Gasteiger partial charge in [0.1, 0.15) is 17.9 Å². The van der Waals surface area contributed by atoms with Crippen molar-refractivity contribution in [2.75, 3.05) is 36.8 Å². The van der Waals surface area contributed by atoms with Gasteiger partial charge in [-0.25, -0.2) is 8.42 Å². The number of piperidine rings is 1. The van der Waals surface area contributed by atoms with Gasteiger partial charge in [0.15, 0.2) is 0 Å². The van der Waals surface area contributed by atoms with Gasteiger partial charge in [-0.05, 0) is 57.1 Å². The van der Waals surface area contributed by atoms with Crippen LogP contribution < -0.4 is 25.1 Å². The molecule has 1 saturated heterocycles. The minimum absolute atomic E-state index is 0.0674. The van der Waals surface area contributed by atoms with Crippen LogP contribution in [0.15, 0.2) is 59.7 Å². The first-order valence-corrected chi connectivity index (χ1v) is 14.9. The first-order chi connectivity index (χ1) is 19.3. The van der Waals surface area contributed by atoms with Crippen molar-refractivity contribution in [2.45, 2.75) is 25.9 Å². The molecule has 0 atom stereocenters. The average Bonchev–Trinajstić information content (AvgIpc) is 3.45. The van der Waals surface area contributed by atoms with Gasteiger partial charge in [0.25, 0.3) is 5.56 Å². The lowest BCUT2D eigenvalue weighted by Gasteiger charge is -2.22. The van der Waals surface area contributed by atoms with Crippen LogP contribution in [0.2, 0.25) is 0 Å². The highest BCUT2D eigenvalue weighted by atomic mass is 32.2. The molecule has 11 nitrogen and oxygen atoms in total. The number of hydrogen-bond donors (Lipinski definition) is 3. The summed E-state index contributed by atoms with van der Waals surface area (Å²) in [5, 5.41) is 4.00. The van der Waals surface area contributed by atoms with Crippen molar-refractivity contribution in [1.29, 1.82) is 0 Å². The Kier molecular flexibility index (Phi) is 8.38. The molecule has 3 aromatic heterocycles. The van der Waals surface area contributed by atoms with Crippen molar-refractivity contribution in [1.82, 2.24) is 19.9 Å². The molecule has 1 aromatic carbocycles. The second-order valence-corrected chi connectivity index (χ2v) is 11.5. The van der Waals surface area contributed by atoms with Crippen molar-refractivity contribution in [3.05, 3.63) is 65.2 Å². The van der Waals surface area contributed by atoms with Crippen LogP contribution in [0, 0.1) is 0 Å². The van der Waals surface area contributed by atoms with Crippen molar-refractivity contribution in [3.63, 3.8) is 0 Å². The molecule has 4 heterocycles. The Balaban J connectivity index is 1.41. The maximum Gasteiger partial charge on any atom is 0.274 e. The van der Waals surface area contributed by atoms with Crippen molar-refractivity contribution in [3.8, 4) is 28.6 Å². The van der Waals surface area contributed by atoms with Crippen LogP contribution in [0.25, 0.3) is 22.0 Å². The highest BCUT2D eigenvalue weighted by Gasteiger charge is 2.18. The Labute approximate surface area is 232 Å². The van der Waals surface area contributed by atoms with Crippen LogP contribution in [0.1, 0.15) is 19.8 Å². The number of nitrogens with zero attached hydrogens (tertiary/aromatic N) is 2. The third-order valence-corrected chi connectivity index (χ3v) is 8.01. The number of aromatic nitrogens is 3. The Morgan fingerprint density at radius 3 is 2.67 bits per heavy atom. The Hall–Kier alpha value is -3.87. The van der Waals surface area contributed by atoms with Crippen LogP contribution in [0.5, 0.6) is 17.5 Å². The largest absolute Gasteiger partial charge is 0.475 e. The average molecular weight is 568 g/mol. The number of nitrogens with one attached hydrogen (secondary N) is 3. The quantitative estimate of drug-likeness (QED) is 0.234. The number of benzene rings is 1. The first-order valence-electron chi connectivity index (χ1n) is 13.2. The summed E-state index contributed by atoms with van der Waals surface area (Å²) in [7, 11) is -1.85. The zero-order chi connectivity index (χ0) is 28.1. The van der Waals surface area contributed by atoms with Crippen molar-refractivity contribution in [2.24, 2.45) is 7.05 Å². The minimum atomic E-state index is -3.51. The Morgan fingerprint density at radius 1 is 1.07 bits per heavy atom. The number of anilines is 1. The summed E-state index contributed by atoms with van der Waals surface area (Å²) >= 11 is 0. The van der Waals surface area contributed by atoms with Crippen molar-refractivity contribution >= 4 is 26.6 Å². The molecule has 40 heavy (non-hydrogen) atoms. The molecule has 4 aromatic rings. The number of H-pyrrole nitrogens is 1. The molecule has 1 fully saturated rings. The van der Waals surface area contributed by atoms with Crippen LogP contribution in [-0.4, -0.2) is 61.1 Å². The second-order valence-electron chi connectivity index (χ2n) is 9.53. The maximum atomic E-state index is 12.7. The van der Waals surface area contributed by atoms with Gasteiger partial charge in [-0.2, -0.15) is 4.98 Å². The van der Waals surface area contributed by atoms with Gasteiger partial charge in [0.2, 0.25) is 21.8 Å². The fourth-order valence-corrected chi connectivity index (χ4v) is 5.23. The van der Waals surface area contributed by atoms with E-state index in [9.17, 15) is 13.2 Å². The van der Waals surface area contributed by atoms with Crippen LogP contribution in [0.4, 0.5) is 5.69 Å². The lowest BCUT2D eigenvalue weighted by molar-refractivity contribution is 0.0161. The number of pyridine rings is 2. The molecule has 0 amide bonds. The van der Waals surface area contributed by atoms with Crippen LogP contribution >= 0.6 is 0 Å². The van der Waals surface area contributed by atoms with E-state index in [1.54, 1.807) is 68.8 Å². The molecule has 0 saturated carbocycles. The van der Waals surface area contributed by atoms with Gasteiger partial charge in [-0.1, -0.05) is 6.07 Å². The summed E-state index contributed by atoms with van der Waals surface area (Å²) in [4.78, 5) is 20.1. The molecule has 0 aliphatic carbocycles. The molecule has 0 radical (unpaired) electrons. The molecule has 3 N–H and O–H groups in total. The number of aryl methyl sites for hydroxylation is 1. The van der Waals surface area contributed by atoms with E-state index in [2.05, 4.69) is 20.0 Å².